The molecule has 1 N–H and O–H groups in total. The minimum atomic E-state index is -3.44. The van der Waals surface area contributed by atoms with Gasteiger partial charge in [0.15, 0.2) is 0 Å². The fraction of sp³-hybridized carbons (Fsp3) is 0.647. The lowest BCUT2D eigenvalue weighted by atomic mass is 10.3. The summed E-state index contributed by atoms with van der Waals surface area (Å²) in [7, 11) is -3.44. The van der Waals surface area contributed by atoms with Gasteiger partial charge in [0.05, 0.1) is 11.5 Å². The first-order valence-electron chi connectivity index (χ1n) is 8.48. The number of nitrogens with one attached hydrogen (secondary N) is 1. The Hall–Kier alpha value is -1.11. The molecule has 5 nitrogen and oxygen atoms in total. The first-order chi connectivity index (χ1) is 11.0. The van der Waals surface area contributed by atoms with Crippen molar-refractivity contribution >= 4 is 10.0 Å². The zero-order valence-electron chi connectivity index (χ0n) is 14.5. The van der Waals surface area contributed by atoms with E-state index in [4.69, 9.17) is 4.74 Å². The molecule has 0 bridgehead atoms. The van der Waals surface area contributed by atoms with Crippen LogP contribution in [0.15, 0.2) is 29.2 Å². The van der Waals surface area contributed by atoms with Crippen LogP contribution < -0.4 is 9.46 Å². The van der Waals surface area contributed by atoms with Crippen molar-refractivity contribution in [3.63, 3.8) is 0 Å². The second kappa shape index (κ2) is 10.6. The van der Waals surface area contributed by atoms with Crippen LogP contribution in [0.5, 0.6) is 5.75 Å². The molecule has 1 aromatic carbocycles. The van der Waals surface area contributed by atoms with E-state index in [0.29, 0.717) is 18.9 Å². The van der Waals surface area contributed by atoms with Crippen LogP contribution in [0.2, 0.25) is 0 Å². The zero-order valence-corrected chi connectivity index (χ0v) is 15.4. The molecule has 0 aliphatic heterocycles. The van der Waals surface area contributed by atoms with Gasteiger partial charge in [-0.15, -0.1) is 0 Å². The van der Waals surface area contributed by atoms with Crippen LogP contribution in [0.4, 0.5) is 0 Å². The molecule has 0 heterocycles. The maximum atomic E-state index is 12.2. The predicted molar refractivity (Wildman–Crippen MR) is 94.4 cm³/mol. The minimum absolute atomic E-state index is 0.281. The minimum Gasteiger partial charge on any atom is -0.494 e. The number of nitrogens with zero attached hydrogens (tertiary/aromatic N) is 1. The standard InChI is InChI=1S/C17H30N2O3S/c1-4-7-15-22-16-9-11-17(12-10-16)23(20,21)18-13-8-14-19(5-2)6-3/h9-12,18H,4-8,13-15H2,1-3H3. The highest BCUT2D eigenvalue weighted by Crippen LogP contribution is 2.16. The summed E-state index contributed by atoms with van der Waals surface area (Å²) in [5, 5.41) is 0. The Morgan fingerprint density at radius 1 is 1.04 bits per heavy atom. The monoisotopic (exact) mass is 342 g/mol. The molecule has 1 aromatic rings. The maximum absolute atomic E-state index is 12.2. The number of hydrogen-bond acceptors (Lipinski definition) is 4. The molecule has 0 spiro atoms. The molecule has 0 saturated heterocycles. The molecule has 0 aliphatic rings. The first kappa shape index (κ1) is 19.9. The highest BCUT2D eigenvalue weighted by Gasteiger charge is 2.13. The lowest BCUT2D eigenvalue weighted by molar-refractivity contribution is 0.300. The summed E-state index contributed by atoms with van der Waals surface area (Å²) in [6.07, 6.45) is 2.87. The van der Waals surface area contributed by atoms with E-state index in [2.05, 4.69) is 30.4 Å². The van der Waals surface area contributed by atoms with Gasteiger partial charge >= 0.3 is 0 Å². The van der Waals surface area contributed by atoms with Crippen molar-refractivity contribution in [1.82, 2.24) is 9.62 Å². The topological polar surface area (TPSA) is 58.6 Å². The van der Waals surface area contributed by atoms with Crippen LogP contribution in [0.1, 0.15) is 40.0 Å². The molecule has 0 aromatic heterocycles. The Kier molecular flexibility index (Phi) is 9.21. The van der Waals surface area contributed by atoms with Crippen LogP contribution in [0.3, 0.4) is 0 Å². The molecule has 1 rings (SSSR count). The molecule has 0 aliphatic carbocycles. The van der Waals surface area contributed by atoms with Crippen LogP contribution in [-0.4, -0.2) is 46.1 Å². The predicted octanol–water partition coefficient (Wildman–Crippen LogP) is 2.88. The van der Waals surface area contributed by atoms with E-state index in [1.807, 2.05) is 0 Å². The van der Waals surface area contributed by atoms with Gasteiger partial charge in [-0.2, -0.15) is 0 Å². The van der Waals surface area contributed by atoms with Crippen LogP contribution in [-0.2, 0) is 10.0 Å². The van der Waals surface area contributed by atoms with Crippen molar-refractivity contribution in [3.05, 3.63) is 24.3 Å². The number of unbranched alkanes of at least 4 members (excludes halogenated alkanes) is 1. The number of ether oxygens (including phenoxy) is 1. The van der Waals surface area contributed by atoms with Gasteiger partial charge in [0.25, 0.3) is 0 Å². The fourth-order valence-corrected chi connectivity index (χ4v) is 3.26. The lowest BCUT2D eigenvalue weighted by Gasteiger charge is -2.17. The van der Waals surface area contributed by atoms with E-state index in [1.54, 1.807) is 24.3 Å². The normalized spacial score (nSPS) is 11.8. The number of rotatable bonds is 12. The molecular formula is C17H30N2O3S. The van der Waals surface area contributed by atoms with Crippen LogP contribution in [0.25, 0.3) is 0 Å². The summed E-state index contributed by atoms with van der Waals surface area (Å²) in [6, 6.07) is 6.60. The Labute approximate surface area is 141 Å². The van der Waals surface area contributed by atoms with Gasteiger partial charge in [-0.25, -0.2) is 13.1 Å². The summed E-state index contributed by atoms with van der Waals surface area (Å²) in [6.45, 7) is 10.3. The van der Waals surface area contributed by atoms with Gasteiger partial charge in [0.2, 0.25) is 10.0 Å². The molecule has 132 valence electrons. The SMILES string of the molecule is CCCCOc1ccc(S(=O)(=O)NCCCN(CC)CC)cc1. The smallest absolute Gasteiger partial charge is 0.240 e. The van der Waals surface area contributed by atoms with Crippen molar-refractivity contribution in [2.45, 2.75) is 44.9 Å². The van der Waals surface area contributed by atoms with E-state index in [-0.39, 0.29) is 4.90 Å². The fourth-order valence-electron chi connectivity index (χ4n) is 2.18. The zero-order chi connectivity index (χ0) is 17.1. The number of hydrogen-bond donors (Lipinski definition) is 1. The van der Waals surface area contributed by atoms with E-state index in [0.717, 1.165) is 38.9 Å². The molecule has 0 amide bonds. The van der Waals surface area contributed by atoms with Crippen molar-refractivity contribution in [3.8, 4) is 5.75 Å². The number of sulfonamides is 1. The van der Waals surface area contributed by atoms with E-state index < -0.39 is 10.0 Å². The summed E-state index contributed by atoms with van der Waals surface area (Å²) in [4.78, 5) is 2.56. The highest BCUT2D eigenvalue weighted by atomic mass is 32.2. The summed E-state index contributed by atoms with van der Waals surface area (Å²) < 4.78 is 32.6. The van der Waals surface area contributed by atoms with E-state index >= 15 is 0 Å². The molecule has 0 unspecified atom stereocenters. The highest BCUT2D eigenvalue weighted by molar-refractivity contribution is 7.89. The second-order valence-corrected chi connectivity index (χ2v) is 7.22. The molecule has 0 fully saturated rings. The van der Waals surface area contributed by atoms with Gasteiger partial charge in [-0.05, 0) is 56.7 Å². The van der Waals surface area contributed by atoms with Gasteiger partial charge in [-0.1, -0.05) is 27.2 Å². The van der Waals surface area contributed by atoms with Gasteiger partial charge in [-0.3, -0.25) is 0 Å². The second-order valence-electron chi connectivity index (χ2n) is 5.45. The summed E-state index contributed by atoms with van der Waals surface area (Å²) in [5.74, 6) is 0.707. The van der Waals surface area contributed by atoms with Crippen molar-refractivity contribution in [2.24, 2.45) is 0 Å². The average molecular weight is 343 g/mol. The third-order valence-electron chi connectivity index (χ3n) is 3.74. The Morgan fingerprint density at radius 3 is 2.26 bits per heavy atom. The van der Waals surface area contributed by atoms with E-state index in [9.17, 15) is 8.42 Å². The molecule has 23 heavy (non-hydrogen) atoms. The van der Waals surface area contributed by atoms with Gasteiger partial charge in [0, 0.05) is 6.54 Å². The molecule has 6 heteroatoms. The van der Waals surface area contributed by atoms with Crippen LogP contribution >= 0.6 is 0 Å². The maximum Gasteiger partial charge on any atom is 0.240 e. The molecular weight excluding hydrogens is 312 g/mol. The summed E-state index contributed by atoms with van der Waals surface area (Å²) in [5.41, 5.74) is 0. The van der Waals surface area contributed by atoms with Crippen molar-refractivity contribution in [1.29, 1.82) is 0 Å². The van der Waals surface area contributed by atoms with Crippen molar-refractivity contribution in [2.75, 3.05) is 32.8 Å². The average Bonchev–Trinajstić information content (AvgIpc) is 2.56. The summed E-state index contributed by atoms with van der Waals surface area (Å²) >= 11 is 0. The van der Waals surface area contributed by atoms with Crippen molar-refractivity contribution < 1.29 is 13.2 Å². The first-order valence-corrected chi connectivity index (χ1v) is 9.96. The Balaban J connectivity index is 2.46. The Morgan fingerprint density at radius 2 is 1.70 bits per heavy atom. The van der Waals surface area contributed by atoms with Gasteiger partial charge in [0.1, 0.15) is 5.75 Å². The van der Waals surface area contributed by atoms with Crippen LogP contribution in [0, 0.1) is 0 Å². The Bertz CT molecular complexity index is 525. The lowest BCUT2D eigenvalue weighted by Crippen LogP contribution is -2.30. The van der Waals surface area contributed by atoms with E-state index in [1.165, 1.54) is 0 Å². The quantitative estimate of drug-likeness (QED) is 0.593. The molecule has 0 saturated carbocycles. The molecule has 0 radical (unpaired) electrons. The molecule has 0 atom stereocenters. The third-order valence-corrected chi connectivity index (χ3v) is 5.22. The largest absolute Gasteiger partial charge is 0.494 e. The number of benzene rings is 1. The third kappa shape index (κ3) is 7.33. The van der Waals surface area contributed by atoms with Gasteiger partial charge < -0.3 is 9.64 Å².